The maximum Gasteiger partial charge on any atom is 0.251 e. The molecule has 0 spiro atoms. The molecule has 2 N–H and O–H groups in total. The van der Waals surface area contributed by atoms with Crippen LogP contribution in [-0.4, -0.2) is 48.6 Å². The molecule has 0 bridgehead atoms. The Morgan fingerprint density at radius 3 is 2.83 bits per heavy atom. The van der Waals surface area contributed by atoms with Crippen LogP contribution in [0.4, 0.5) is 5.69 Å². The van der Waals surface area contributed by atoms with Crippen LogP contribution in [-0.2, 0) is 4.79 Å². The first-order valence-electron chi connectivity index (χ1n) is 8.02. The summed E-state index contributed by atoms with van der Waals surface area (Å²) in [7, 11) is 4.12. The summed E-state index contributed by atoms with van der Waals surface area (Å²) in [4.78, 5) is 27.4. The van der Waals surface area contributed by atoms with Crippen molar-refractivity contribution in [3.8, 4) is 0 Å². The fourth-order valence-electron chi connectivity index (χ4n) is 2.90. The molecule has 2 atom stereocenters. The number of likely N-dealkylation sites (N-methyl/N-ethyl adjacent to an activating group) is 1. The maximum absolute atomic E-state index is 12.4. The molecule has 1 fully saturated rings. The van der Waals surface area contributed by atoms with Gasteiger partial charge >= 0.3 is 0 Å². The van der Waals surface area contributed by atoms with E-state index in [1.165, 1.54) is 24.6 Å². The van der Waals surface area contributed by atoms with E-state index in [-0.39, 0.29) is 17.1 Å². The molecule has 0 saturated heterocycles. The van der Waals surface area contributed by atoms with Gasteiger partial charge in [-0.15, -0.1) is 11.8 Å². The quantitative estimate of drug-likeness (QED) is 0.867. The van der Waals surface area contributed by atoms with Crippen molar-refractivity contribution in [1.82, 2.24) is 10.2 Å². The second-order valence-electron chi connectivity index (χ2n) is 6.54. The molecule has 1 aliphatic carbocycles. The predicted molar refractivity (Wildman–Crippen MR) is 92.9 cm³/mol. The average Bonchev–Trinajstić information content (AvgIpc) is 3.32. The van der Waals surface area contributed by atoms with Gasteiger partial charge in [0.1, 0.15) is 0 Å². The van der Waals surface area contributed by atoms with Gasteiger partial charge in [-0.2, -0.15) is 0 Å². The molecule has 1 aromatic rings. The fourth-order valence-corrected chi connectivity index (χ4v) is 3.83. The van der Waals surface area contributed by atoms with Crippen LogP contribution in [0.5, 0.6) is 0 Å². The number of thioether (sulfide) groups is 1. The summed E-state index contributed by atoms with van der Waals surface area (Å²) in [5.74, 6) is 0.602. The Morgan fingerprint density at radius 2 is 2.17 bits per heavy atom. The summed E-state index contributed by atoms with van der Waals surface area (Å²) >= 11 is 1.52. The summed E-state index contributed by atoms with van der Waals surface area (Å²) in [6.45, 7) is 2.54. The average molecular weight is 333 g/mol. The Balaban J connectivity index is 1.66. The third-order valence-electron chi connectivity index (χ3n) is 4.47. The van der Waals surface area contributed by atoms with Gasteiger partial charge in [0, 0.05) is 23.0 Å². The highest BCUT2D eigenvalue weighted by Crippen LogP contribution is 2.36. The predicted octanol–water partition coefficient (Wildman–Crippen LogP) is 2.19. The minimum absolute atomic E-state index is 0.0125. The number of hydrogen-bond acceptors (Lipinski definition) is 4. The van der Waals surface area contributed by atoms with Crippen molar-refractivity contribution < 1.29 is 9.59 Å². The molecule has 5 nitrogen and oxygen atoms in total. The third kappa shape index (κ3) is 3.70. The smallest absolute Gasteiger partial charge is 0.251 e. The number of nitrogens with zero attached hydrogens (tertiary/aromatic N) is 1. The van der Waals surface area contributed by atoms with E-state index in [1.807, 2.05) is 19.1 Å². The van der Waals surface area contributed by atoms with Gasteiger partial charge in [-0.25, -0.2) is 0 Å². The van der Waals surface area contributed by atoms with E-state index < -0.39 is 0 Å². The summed E-state index contributed by atoms with van der Waals surface area (Å²) in [5, 5.41) is 5.80. The standard InChI is InChI=1S/C17H23N3O2S/c1-10-16(21)19-13-8-12(6-7-15(13)23-10)17(22)18-9-14(20(2)3)11-4-5-11/h6-8,10-11,14H,4-5,9H2,1-3H3,(H,18,22)(H,19,21)/t10-,14+/m0/s1. The van der Waals surface area contributed by atoms with Crippen LogP contribution in [0.2, 0.25) is 0 Å². The second kappa shape index (κ2) is 6.53. The Labute approximate surface area is 141 Å². The molecule has 2 amide bonds. The molecule has 3 rings (SSSR count). The molecule has 0 aromatic heterocycles. The number of anilines is 1. The van der Waals surface area contributed by atoms with Crippen molar-refractivity contribution in [2.24, 2.45) is 5.92 Å². The van der Waals surface area contributed by atoms with Gasteiger partial charge in [0.05, 0.1) is 10.9 Å². The van der Waals surface area contributed by atoms with Crippen molar-refractivity contribution in [2.45, 2.75) is 36.0 Å². The molecular formula is C17H23N3O2S. The summed E-state index contributed by atoms with van der Waals surface area (Å²) in [6, 6.07) is 5.90. The third-order valence-corrected chi connectivity index (χ3v) is 5.65. The first-order valence-corrected chi connectivity index (χ1v) is 8.90. The van der Waals surface area contributed by atoms with E-state index in [4.69, 9.17) is 0 Å². The summed E-state index contributed by atoms with van der Waals surface area (Å²) < 4.78 is 0. The van der Waals surface area contributed by atoms with Crippen LogP contribution in [0.15, 0.2) is 23.1 Å². The first kappa shape index (κ1) is 16.3. The van der Waals surface area contributed by atoms with E-state index in [1.54, 1.807) is 6.07 Å². The molecule has 0 radical (unpaired) electrons. The monoisotopic (exact) mass is 333 g/mol. The number of hydrogen-bond donors (Lipinski definition) is 2. The molecule has 6 heteroatoms. The molecule has 1 heterocycles. The lowest BCUT2D eigenvalue weighted by molar-refractivity contribution is -0.115. The summed E-state index contributed by atoms with van der Waals surface area (Å²) in [5.41, 5.74) is 1.32. The van der Waals surface area contributed by atoms with Crippen LogP contribution in [0.3, 0.4) is 0 Å². The first-order chi connectivity index (χ1) is 11.0. The fraction of sp³-hybridized carbons (Fsp3) is 0.529. The highest BCUT2D eigenvalue weighted by molar-refractivity contribution is 8.00. The molecule has 0 unspecified atom stereocenters. The van der Waals surface area contributed by atoms with Crippen molar-refractivity contribution >= 4 is 29.3 Å². The van der Waals surface area contributed by atoms with Gasteiger partial charge in [-0.05, 0) is 58.0 Å². The molecule has 2 aliphatic rings. The number of nitrogens with one attached hydrogen (secondary N) is 2. The van der Waals surface area contributed by atoms with Crippen molar-refractivity contribution in [3.05, 3.63) is 23.8 Å². The van der Waals surface area contributed by atoms with E-state index in [0.717, 1.165) is 10.6 Å². The Morgan fingerprint density at radius 1 is 1.43 bits per heavy atom. The van der Waals surface area contributed by atoms with Gasteiger partial charge in [0.15, 0.2) is 0 Å². The zero-order valence-electron chi connectivity index (χ0n) is 13.8. The largest absolute Gasteiger partial charge is 0.350 e. The van der Waals surface area contributed by atoms with E-state index in [2.05, 4.69) is 29.6 Å². The molecule has 1 aliphatic heterocycles. The number of carbonyl (C=O) groups excluding carboxylic acids is 2. The lowest BCUT2D eigenvalue weighted by Crippen LogP contribution is -2.41. The molecule has 1 saturated carbocycles. The van der Waals surface area contributed by atoms with Crippen molar-refractivity contribution in [2.75, 3.05) is 26.0 Å². The Kier molecular flexibility index (Phi) is 4.64. The Hall–Kier alpha value is -1.53. The lowest BCUT2D eigenvalue weighted by atomic mass is 10.1. The van der Waals surface area contributed by atoms with Crippen LogP contribution in [0.25, 0.3) is 0 Å². The molecule has 124 valence electrons. The van der Waals surface area contributed by atoms with E-state index in [0.29, 0.717) is 24.1 Å². The van der Waals surface area contributed by atoms with Crippen LogP contribution < -0.4 is 10.6 Å². The number of benzene rings is 1. The van der Waals surface area contributed by atoms with Gasteiger partial charge in [0.2, 0.25) is 5.91 Å². The topological polar surface area (TPSA) is 61.4 Å². The second-order valence-corrected chi connectivity index (χ2v) is 7.92. The maximum atomic E-state index is 12.4. The van der Waals surface area contributed by atoms with Crippen molar-refractivity contribution in [1.29, 1.82) is 0 Å². The number of fused-ring (bicyclic) bond motifs is 1. The molecular weight excluding hydrogens is 310 g/mol. The number of rotatable bonds is 5. The van der Waals surface area contributed by atoms with E-state index in [9.17, 15) is 9.59 Å². The highest BCUT2D eigenvalue weighted by Gasteiger charge is 2.32. The molecule has 1 aromatic carbocycles. The normalized spacial score (nSPS) is 21.6. The van der Waals surface area contributed by atoms with Gasteiger partial charge in [0.25, 0.3) is 5.91 Å². The SMILES string of the molecule is C[C@@H]1Sc2ccc(C(=O)NC[C@H](C3CC3)N(C)C)cc2NC1=O. The zero-order chi connectivity index (χ0) is 16.6. The van der Waals surface area contributed by atoms with Gasteiger partial charge in [-0.1, -0.05) is 0 Å². The van der Waals surface area contributed by atoms with Crippen LogP contribution in [0.1, 0.15) is 30.1 Å². The lowest BCUT2D eigenvalue weighted by Gasteiger charge is -2.25. The Bertz CT molecular complexity index is 626. The zero-order valence-corrected chi connectivity index (χ0v) is 14.6. The number of carbonyl (C=O) groups is 2. The van der Waals surface area contributed by atoms with Crippen LogP contribution >= 0.6 is 11.8 Å². The van der Waals surface area contributed by atoms with Crippen LogP contribution in [0, 0.1) is 5.92 Å². The van der Waals surface area contributed by atoms with E-state index >= 15 is 0 Å². The summed E-state index contributed by atoms with van der Waals surface area (Å²) in [6.07, 6.45) is 2.50. The minimum atomic E-state index is -0.0958. The molecule has 23 heavy (non-hydrogen) atoms. The van der Waals surface area contributed by atoms with Crippen molar-refractivity contribution in [3.63, 3.8) is 0 Å². The number of amides is 2. The minimum Gasteiger partial charge on any atom is -0.350 e. The highest BCUT2D eigenvalue weighted by atomic mass is 32.2. The van der Waals surface area contributed by atoms with Gasteiger partial charge < -0.3 is 15.5 Å². The van der Waals surface area contributed by atoms with Gasteiger partial charge in [-0.3, -0.25) is 9.59 Å².